The van der Waals surface area contributed by atoms with E-state index in [2.05, 4.69) is 22.0 Å². The molecule has 1 spiro atoms. The Morgan fingerprint density at radius 3 is 2.35 bits per heavy atom. The predicted octanol–water partition coefficient (Wildman–Crippen LogP) is 3.74. The van der Waals surface area contributed by atoms with Crippen LogP contribution < -0.4 is 0 Å². The van der Waals surface area contributed by atoms with Crippen molar-refractivity contribution in [3.63, 3.8) is 0 Å². The maximum Gasteiger partial charge on any atom is 0.169 e. The van der Waals surface area contributed by atoms with Crippen LogP contribution >= 0.6 is 15.9 Å². The number of ketones is 1. The first kappa shape index (κ1) is 14.2. The van der Waals surface area contributed by atoms with Gasteiger partial charge in [0.05, 0.1) is 0 Å². The van der Waals surface area contributed by atoms with Crippen molar-refractivity contribution in [2.45, 2.75) is 37.9 Å². The summed E-state index contributed by atoms with van der Waals surface area (Å²) in [6.07, 6.45) is 4.08. The van der Waals surface area contributed by atoms with Gasteiger partial charge in [-0.2, -0.15) is 0 Å². The molecule has 4 heteroatoms. The van der Waals surface area contributed by atoms with Gasteiger partial charge in [-0.25, -0.2) is 0 Å². The Labute approximate surface area is 127 Å². The molecule has 0 bridgehead atoms. The standard InChI is InChI=1S/C16H19BrO3/c1-19-16(20-2)7-5-15(6-8-16)10-11-3-4-12(17)9-13(11)14(15)18/h3-4,9H,5-8,10H2,1-2H3. The third-order valence-electron chi connectivity index (χ3n) is 5.04. The first-order valence-corrected chi connectivity index (χ1v) is 7.77. The molecule has 0 amide bonds. The van der Waals surface area contributed by atoms with E-state index in [-0.39, 0.29) is 5.41 Å². The molecule has 108 valence electrons. The number of rotatable bonds is 2. The van der Waals surface area contributed by atoms with E-state index in [1.165, 1.54) is 5.56 Å². The SMILES string of the molecule is COC1(OC)CCC2(CC1)Cc1ccc(Br)cc1C2=O. The van der Waals surface area contributed by atoms with Crippen molar-refractivity contribution in [3.05, 3.63) is 33.8 Å². The molecular weight excluding hydrogens is 320 g/mol. The number of fused-ring (bicyclic) bond motifs is 1. The van der Waals surface area contributed by atoms with Crippen molar-refractivity contribution in [1.82, 2.24) is 0 Å². The van der Waals surface area contributed by atoms with Crippen LogP contribution in [0, 0.1) is 5.41 Å². The highest BCUT2D eigenvalue weighted by Crippen LogP contribution is 2.50. The number of carbonyl (C=O) groups excluding carboxylic acids is 1. The molecule has 2 aliphatic carbocycles. The molecule has 0 heterocycles. The quantitative estimate of drug-likeness (QED) is 0.770. The minimum atomic E-state index is -0.499. The second kappa shape index (κ2) is 4.93. The summed E-state index contributed by atoms with van der Waals surface area (Å²) in [5.41, 5.74) is 1.84. The number of Topliss-reactive ketones (excluding diaryl/α,β-unsaturated/α-hetero) is 1. The minimum absolute atomic E-state index is 0.232. The first-order chi connectivity index (χ1) is 9.54. The molecule has 0 aliphatic heterocycles. The maximum absolute atomic E-state index is 12.8. The van der Waals surface area contributed by atoms with Crippen molar-refractivity contribution in [3.8, 4) is 0 Å². The highest BCUT2D eigenvalue weighted by molar-refractivity contribution is 9.10. The summed E-state index contributed by atoms with van der Waals surface area (Å²) in [4.78, 5) is 12.8. The van der Waals surface area contributed by atoms with E-state index in [9.17, 15) is 4.79 Å². The molecule has 1 saturated carbocycles. The van der Waals surface area contributed by atoms with Crippen LogP contribution in [0.1, 0.15) is 41.6 Å². The van der Waals surface area contributed by atoms with E-state index in [4.69, 9.17) is 9.47 Å². The van der Waals surface area contributed by atoms with Crippen LogP contribution in [0.3, 0.4) is 0 Å². The van der Waals surface area contributed by atoms with E-state index in [0.717, 1.165) is 42.1 Å². The third-order valence-corrected chi connectivity index (χ3v) is 5.53. The van der Waals surface area contributed by atoms with Gasteiger partial charge in [0.2, 0.25) is 0 Å². The van der Waals surface area contributed by atoms with E-state index < -0.39 is 5.79 Å². The van der Waals surface area contributed by atoms with Gasteiger partial charge in [0, 0.05) is 42.5 Å². The van der Waals surface area contributed by atoms with Crippen LogP contribution in [-0.2, 0) is 15.9 Å². The number of carbonyl (C=O) groups is 1. The zero-order valence-corrected chi connectivity index (χ0v) is 13.5. The fourth-order valence-electron chi connectivity index (χ4n) is 3.65. The summed E-state index contributed by atoms with van der Waals surface area (Å²) >= 11 is 3.45. The Morgan fingerprint density at radius 2 is 1.75 bits per heavy atom. The van der Waals surface area contributed by atoms with Crippen LogP contribution in [0.4, 0.5) is 0 Å². The minimum Gasteiger partial charge on any atom is -0.353 e. The van der Waals surface area contributed by atoms with E-state index in [0.29, 0.717) is 5.78 Å². The lowest BCUT2D eigenvalue weighted by Crippen LogP contribution is -2.44. The molecule has 20 heavy (non-hydrogen) atoms. The molecule has 0 atom stereocenters. The second-order valence-corrected chi connectivity index (χ2v) is 6.82. The van der Waals surface area contributed by atoms with Gasteiger partial charge in [0.15, 0.2) is 11.6 Å². The Balaban J connectivity index is 1.86. The van der Waals surface area contributed by atoms with Crippen molar-refractivity contribution in [2.75, 3.05) is 14.2 Å². The van der Waals surface area contributed by atoms with Gasteiger partial charge < -0.3 is 9.47 Å². The molecule has 3 nitrogen and oxygen atoms in total. The molecule has 0 N–H and O–H groups in total. The summed E-state index contributed by atoms with van der Waals surface area (Å²) in [7, 11) is 3.37. The second-order valence-electron chi connectivity index (χ2n) is 5.91. The fourth-order valence-corrected chi connectivity index (χ4v) is 4.01. The Kier molecular flexibility index (Phi) is 3.51. The normalized spacial score (nSPS) is 23.1. The summed E-state index contributed by atoms with van der Waals surface area (Å²) < 4.78 is 12.0. The van der Waals surface area contributed by atoms with Gasteiger partial charge in [0.25, 0.3) is 0 Å². The van der Waals surface area contributed by atoms with Crippen LogP contribution in [-0.4, -0.2) is 25.8 Å². The van der Waals surface area contributed by atoms with Crippen molar-refractivity contribution in [1.29, 1.82) is 0 Å². The summed E-state index contributed by atoms with van der Waals surface area (Å²) in [5, 5.41) is 0. The number of benzene rings is 1. The molecule has 1 fully saturated rings. The van der Waals surface area contributed by atoms with Gasteiger partial charge in [-0.3, -0.25) is 4.79 Å². The lowest BCUT2D eigenvalue weighted by atomic mass is 9.69. The van der Waals surface area contributed by atoms with Crippen LogP contribution in [0.15, 0.2) is 22.7 Å². The molecule has 0 saturated heterocycles. The smallest absolute Gasteiger partial charge is 0.169 e. The summed E-state index contributed by atoms with van der Waals surface area (Å²) in [5.74, 6) is -0.199. The van der Waals surface area contributed by atoms with Crippen molar-refractivity contribution in [2.24, 2.45) is 5.41 Å². The largest absolute Gasteiger partial charge is 0.353 e. The van der Waals surface area contributed by atoms with Gasteiger partial charge in [0.1, 0.15) is 0 Å². The van der Waals surface area contributed by atoms with Gasteiger partial charge in [-0.05, 0) is 37.0 Å². The highest BCUT2D eigenvalue weighted by Gasteiger charge is 2.51. The topological polar surface area (TPSA) is 35.5 Å². The fraction of sp³-hybridized carbons (Fsp3) is 0.562. The molecule has 1 aromatic carbocycles. The average Bonchev–Trinajstić information content (AvgIpc) is 2.74. The lowest BCUT2D eigenvalue weighted by Gasteiger charge is -2.42. The Morgan fingerprint density at radius 1 is 1.10 bits per heavy atom. The molecule has 0 unspecified atom stereocenters. The number of methoxy groups -OCH3 is 2. The van der Waals surface area contributed by atoms with Gasteiger partial charge in [-0.1, -0.05) is 22.0 Å². The number of halogens is 1. The average molecular weight is 339 g/mol. The Bertz CT molecular complexity index is 539. The predicted molar refractivity (Wildman–Crippen MR) is 79.8 cm³/mol. The molecule has 0 radical (unpaired) electrons. The van der Waals surface area contributed by atoms with Crippen molar-refractivity contribution < 1.29 is 14.3 Å². The van der Waals surface area contributed by atoms with E-state index >= 15 is 0 Å². The maximum atomic E-state index is 12.8. The van der Waals surface area contributed by atoms with E-state index in [1.807, 2.05) is 12.1 Å². The summed E-state index contributed by atoms with van der Waals surface area (Å²) in [6.45, 7) is 0. The first-order valence-electron chi connectivity index (χ1n) is 6.98. The number of hydrogen-bond donors (Lipinski definition) is 0. The third kappa shape index (κ3) is 2.05. The number of ether oxygens (including phenoxy) is 2. The van der Waals surface area contributed by atoms with E-state index in [1.54, 1.807) is 14.2 Å². The zero-order chi connectivity index (χ0) is 14.4. The van der Waals surface area contributed by atoms with Gasteiger partial charge >= 0.3 is 0 Å². The van der Waals surface area contributed by atoms with Gasteiger partial charge in [-0.15, -0.1) is 0 Å². The lowest BCUT2D eigenvalue weighted by molar-refractivity contribution is -0.231. The monoisotopic (exact) mass is 338 g/mol. The number of hydrogen-bond acceptors (Lipinski definition) is 3. The Hall–Kier alpha value is -0.710. The highest BCUT2D eigenvalue weighted by atomic mass is 79.9. The molecule has 2 aliphatic rings. The van der Waals surface area contributed by atoms with Crippen LogP contribution in [0.2, 0.25) is 0 Å². The zero-order valence-electron chi connectivity index (χ0n) is 11.9. The van der Waals surface area contributed by atoms with Crippen LogP contribution in [0.25, 0.3) is 0 Å². The van der Waals surface area contributed by atoms with Crippen LogP contribution in [0.5, 0.6) is 0 Å². The van der Waals surface area contributed by atoms with Crippen molar-refractivity contribution >= 4 is 21.7 Å². The molecular formula is C16H19BrO3. The summed E-state index contributed by atoms with van der Waals surface area (Å²) in [6, 6.07) is 6.05. The molecule has 3 rings (SSSR count). The molecule has 1 aromatic rings. The molecule has 0 aromatic heterocycles.